The van der Waals surface area contributed by atoms with Gasteiger partial charge in [-0.15, -0.1) is 0 Å². The van der Waals surface area contributed by atoms with Crippen molar-refractivity contribution in [2.45, 2.75) is 52.0 Å². The number of nitrogens with one attached hydrogen (secondary N) is 1. The molecule has 0 radical (unpaired) electrons. The summed E-state index contributed by atoms with van der Waals surface area (Å²) in [6.07, 6.45) is 6.70. The molecule has 1 fully saturated rings. The summed E-state index contributed by atoms with van der Waals surface area (Å²) < 4.78 is 0. The van der Waals surface area contributed by atoms with Crippen molar-refractivity contribution >= 4 is 11.3 Å². The summed E-state index contributed by atoms with van der Waals surface area (Å²) >= 11 is 1.82. The molecule has 1 aliphatic carbocycles. The Labute approximate surface area is 110 Å². The minimum Gasteiger partial charge on any atom is -0.314 e. The van der Waals surface area contributed by atoms with Crippen LogP contribution in [0.5, 0.6) is 0 Å². The van der Waals surface area contributed by atoms with Gasteiger partial charge in [0, 0.05) is 6.04 Å². The maximum Gasteiger partial charge on any atom is 0.00985 e. The van der Waals surface area contributed by atoms with Crippen LogP contribution >= 0.6 is 11.3 Å². The van der Waals surface area contributed by atoms with E-state index in [0.717, 1.165) is 17.9 Å². The van der Waals surface area contributed by atoms with Gasteiger partial charge in [-0.3, -0.25) is 0 Å². The minimum absolute atomic E-state index is 0.724. The molecule has 0 bridgehead atoms. The van der Waals surface area contributed by atoms with Crippen LogP contribution in [0.15, 0.2) is 16.8 Å². The molecule has 1 aromatic rings. The van der Waals surface area contributed by atoms with Gasteiger partial charge in [-0.25, -0.2) is 0 Å². The van der Waals surface area contributed by atoms with Gasteiger partial charge in [0.1, 0.15) is 0 Å². The predicted octanol–water partition coefficient (Wildman–Crippen LogP) is 4.10. The number of rotatable bonds is 8. The van der Waals surface area contributed by atoms with E-state index in [2.05, 4.69) is 36.0 Å². The van der Waals surface area contributed by atoms with E-state index in [1.54, 1.807) is 0 Å². The van der Waals surface area contributed by atoms with Gasteiger partial charge in [0.25, 0.3) is 0 Å². The summed E-state index contributed by atoms with van der Waals surface area (Å²) in [7, 11) is 0. The Bertz CT molecular complexity index is 303. The zero-order chi connectivity index (χ0) is 12.1. The molecule has 0 spiro atoms. The van der Waals surface area contributed by atoms with E-state index in [1.807, 2.05) is 11.3 Å². The Hall–Kier alpha value is -0.340. The number of aryl methyl sites for hydroxylation is 1. The molecule has 1 saturated carbocycles. The van der Waals surface area contributed by atoms with Gasteiger partial charge in [0.15, 0.2) is 0 Å². The highest BCUT2D eigenvalue weighted by molar-refractivity contribution is 7.07. The highest BCUT2D eigenvalue weighted by atomic mass is 32.1. The molecule has 1 aromatic heterocycles. The zero-order valence-corrected chi connectivity index (χ0v) is 11.9. The van der Waals surface area contributed by atoms with Gasteiger partial charge >= 0.3 is 0 Å². The standard InChI is InChI=1S/C15H25NS/c1-3-9-16-15(12(2)14-5-6-14)7-4-13-8-10-17-11-13/h8,10-12,14-16H,3-7,9H2,1-2H3. The van der Waals surface area contributed by atoms with Crippen LogP contribution in [0.25, 0.3) is 0 Å². The summed E-state index contributed by atoms with van der Waals surface area (Å²) in [6, 6.07) is 2.99. The van der Waals surface area contributed by atoms with Crippen LogP contribution in [0, 0.1) is 11.8 Å². The Morgan fingerprint density at radius 1 is 1.47 bits per heavy atom. The quantitative estimate of drug-likeness (QED) is 0.733. The van der Waals surface area contributed by atoms with Crippen LogP contribution in [0.3, 0.4) is 0 Å². The van der Waals surface area contributed by atoms with Crippen LogP contribution in [0.2, 0.25) is 0 Å². The topological polar surface area (TPSA) is 12.0 Å². The van der Waals surface area contributed by atoms with E-state index in [9.17, 15) is 0 Å². The molecule has 1 N–H and O–H groups in total. The smallest absolute Gasteiger partial charge is 0.00985 e. The average molecular weight is 251 g/mol. The molecule has 1 heterocycles. The summed E-state index contributed by atoms with van der Waals surface area (Å²) in [5, 5.41) is 8.24. The van der Waals surface area contributed by atoms with Crippen LogP contribution in [-0.4, -0.2) is 12.6 Å². The van der Waals surface area contributed by atoms with Crippen molar-refractivity contribution in [3.8, 4) is 0 Å². The van der Waals surface area contributed by atoms with Gasteiger partial charge in [0.2, 0.25) is 0 Å². The first kappa shape index (κ1) is 13.1. The lowest BCUT2D eigenvalue weighted by atomic mass is 9.92. The van der Waals surface area contributed by atoms with Crippen molar-refractivity contribution in [2.75, 3.05) is 6.54 Å². The Morgan fingerprint density at radius 2 is 2.29 bits per heavy atom. The Balaban J connectivity index is 1.81. The number of hydrogen-bond donors (Lipinski definition) is 1. The van der Waals surface area contributed by atoms with Crippen molar-refractivity contribution in [3.05, 3.63) is 22.4 Å². The fourth-order valence-corrected chi connectivity index (χ4v) is 3.29. The predicted molar refractivity (Wildman–Crippen MR) is 76.6 cm³/mol. The maximum atomic E-state index is 3.76. The summed E-state index contributed by atoms with van der Waals surface area (Å²) in [6.45, 7) is 5.87. The third-order valence-electron chi connectivity index (χ3n) is 3.98. The molecule has 1 nitrogen and oxygen atoms in total. The third-order valence-corrected chi connectivity index (χ3v) is 4.71. The van der Waals surface area contributed by atoms with Gasteiger partial charge in [-0.2, -0.15) is 11.3 Å². The van der Waals surface area contributed by atoms with Gasteiger partial charge in [-0.05, 0) is 72.9 Å². The van der Waals surface area contributed by atoms with E-state index in [-0.39, 0.29) is 0 Å². The molecule has 96 valence electrons. The second kappa shape index (κ2) is 6.55. The first-order valence-electron chi connectivity index (χ1n) is 7.05. The molecule has 2 atom stereocenters. The second-order valence-corrected chi connectivity index (χ2v) is 6.21. The van der Waals surface area contributed by atoms with Crippen molar-refractivity contribution in [1.29, 1.82) is 0 Å². The van der Waals surface area contributed by atoms with Crippen LogP contribution < -0.4 is 5.32 Å². The van der Waals surface area contributed by atoms with Crippen LogP contribution in [0.1, 0.15) is 45.1 Å². The van der Waals surface area contributed by atoms with E-state index >= 15 is 0 Å². The first-order valence-corrected chi connectivity index (χ1v) is 8.00. The van der Waals surface area contributed by atoms with Crippen LogP contribution in [0.4, 0.5) is 0 Å². The zero-order valence-electron chi connectivity index (χ0n) is 11.1. The molecular formula is C15H25NS. The highest BCUT2D eigenvalue weighted by Crippen LogP contribution is 2.39. The first-order chi connectivity index (χ1) is 8.31. The van der Waals surface area contributed by atoms with Crippen molar-refractivity contribution in [2.24, 2.45) is 11.8 Å². The summed E-state index contributed by atoms with van der Waals surface area (Å²) in [5.74, 6) is 1.87. The molecule has 0 saturated heterocycles. The summed E-state index contributed by atoms with van der Waals surface area (Å²) in [5.41, 5.74) is 1.52. The van der Waals surface area contributed by atoms with Gasteiger partial charge < -0.3 is 5.32 Å². The number of thiophene rings is 1. The third kappa shape index (κ3) is 4.11. The van der Waals surface area contributed by atoms with Crippen molar-refractivity contribution in [1.82, 2.24) is 5.32 Å². The molecule has 0 amide bonds. The normalized spacial score (nSPS) is 19.2. The number of hydrogen-bond acceptors (Lipinski definition) is 2. The van der Waals surface area contributed by atoms with E-state index in [1.165, 1.54) is 44.2 Å². The molecule has 2 unspecified atom stereocenters. The summed E-state index contributed by atoms with van der Waals surface area (Å²) in [4.78, 5) is 0. The van der Waals surface area contributed by atoms with E-state index in [0.29, 0.717) is 0 Å². The maximum absolute atomic E-state index is 3.76. The molecular weight excluding hydrogens is 226 g/mol. The lowest BCUT2D eigenvalue weighted by Crippen LogP contribution is -2.36. The Kier molecular flexibility index (Phi) is 5.05. The molecule has 0 aliphatic heterocycles. The average Bonchev–Trinajstić information content (AvgIpc) is 3.06. The van der Waals surface area contributed by atoms with E-state index in [4.69, 9.17) is 0 Å². The van der Waals surface area contributed by atoms with Gasteiger partial charge in [0.05, 0.1) is 0 Å². The minimum atomic E-state index is 0.724. The van der Waals surface area contributed by atoms with E-state index < -0.39 is 0 Å². The molecule has 17 heavy (non-hydrogen) atoms. The highest BCUT2D eigenvalue weighted by Gasteiger charge is 2.32. The molecule has 0 aromatic carbocycles. The lowest BCUT2D eigenvalue weighted by Gasteiger charge is -2.25. The van der Waals surface area contributed by atoms with Gasteiger partial charge in [-0.1, -0.05) is 13.8 Å². The largest absolute Gasteiger partial charge is 0.314 e. The lowest BCUT2D eigenvalue weighted by molar-refractivity contribution is 0.325. The fraction of sp³-hybridized carbons (Fsp3) is 0.733. The molecule has 1 aliphatic rings. The fourth-order valence-electron chi connectivity index (χ4n) is 2.59. The second-order valence-electron chi connectivity index (χ2n) is 5.43. The molecule has 2 heteroatoms. The molecule has 2 rings (SSSR count). The SMILES string of the molecule is CCCNC(CCc1ccsc1)C(C)C1CC1. The van der Waals surface area contributed by atoms with Crippen LogP contribution in [-0.2, 0) is 6.42 Å². The van der Waals surface area contributed by atoms with Crippen molar-refractivity contribution < 1.29 is 0 Å². The van der Waals surface area contributed by atoms with Crippen molar-refractivity contribution in [3.63, 3.8) is 0 Å². The monoisotopic (exact) mass is 251 g/mol. The Morgan fingerprint density at radius 3 is 2.88 bits per heavy atom.